The van der Waals surface area contributed by atoms with Crippen molar-refractivity contribution < 1.29 is 4.74 Å². The van der Waals surface area contributed by atoms with Gasteiger partial charge in [0.15, 0.2) is 0 Å². The van der Waals surface area contributed by atoms with E-state index in [1.807, 2.05) is 37.3 Å². The molecule has 0 aliphatic heterocycles. The zero-order chi connectivity index (χ0) is 14.7. The molecule has 1 aromatic carbocycles. The lowest BCUT2D eigenvalue weighted by Gasteiger charge is -2.12. The minimum atomic E-state index is -0.127. The van der Waals surface area contributed by atoms with E-state index in [4.69, 9.17) is 10.00 Å². The number of nitrogens with zero attached hydrogens (tertiary/aromatic N) is 2. The van der Waals surface area contributed by atoms with E-state index in [-0.39, 0.29) is 12.0 Å². The summed E-state index contributed by atoms with van der Waals surface area (Å²) in [6.45, 7) is 1.96. The van der Waals surface area contributed by atoms with Gasteiger partial charge in [0.25, 0.3) is 5.56 Å². The molecule has 0 unspecified atom stereocenters. The van der Waals surface area contributed by atoms with Gasteiger partial charge in [-0.1, -0.05) is 6.07 Å². The van der Waals surface area contributed by atoms with Crippen LogP contribution in [0.15, 0.2) is 35.1 Å². The van der Waals surface area contributed by atoms with Crippen molar-refractivity contribution in [2.24, 2.45) is 7.05 Å². The van der Waals surface area contributed by atoms with Gasteiger partial charge in [0.05, 0.1) is 25.3 Å². The number of benzene rings is 1. The monoisotopic (exact) mass is 268 g/mol. The molecule has 0 bridgehead atoms. The molecule has 0 atom stereocenters. The zero-order valence-electron chi connectivity index (χ0n) is 11.8. The molecule has 102 valence electrons. The van der Waals surface area contributed by atoms with Crippen LogP contribution in [0.1, 0.15) is 11.1 Å². The molecular formula is C16H16N2O2. The summed E-state index contributed by atoms with van der Waals surface area (Å²) < 4.78 is 6.81. The van der Waals surface area contributed by atoms with E-state index in [1.54, 1.807) is 24.8 Å². The second-order valence-electron chi connectivity index (χ2n) is 4.63. The number of ether oxygens (including phenoxy) is 1. The summed E-state index contributed by atoms with van der Waals surface area (Å²) in [5.41, 5.74) is 3.17. The van der Waals surface area contributed by atoms with Crippen LogP contribution in [0.4, 0.5) is 0 Å². The van der Waals surface area contributed by atoms with Gasteiger partial charge in [-0.05, 0) is 42.3 Å². The van der Waals surface area contributed by atoms with Gasteiger partial charge in [0.2, 0.25) is 0 Å². The molecule has 0 aliphatic rings. The number of methoxy groups -OCH3 is 1. The largest absolute Gasteiger partial charge is 0.496 e. The van der Waals surface area contributed by atoms with Crippen molar-refractivity contribution in [3.63, 3.8) is 0 Å². The fourth-order valence-electron chi connectivity index (χ4n) is 2.23. The Balaban J connectivity index is 2.54. The topological polar surface area (TPSA) is 55.0 Å². The third-order valence-corrected chi connectivity index (χ3v) is 3.34. The summed E-state index contributed by atoms with van der Waals surface area (Å²) in [6.07, 6.45) is 0.134. The Labute approximate surface area is 117 Å². The van der Waals surface area contributed by atoms with Crippen LogP contribution in [-0.4, -0.2) is 11.7 Å². The molecule has 0 spiro atoms. The van der Waals surface area contributed by atoms with Gasteiger partial charge in [0.1, 0.15) is 5.75 Å². The highest BCUT2D eigenvalue weighted by atomic mass is 16.5. The minimum Gasteiger partial charge on any atom is -0.496 e. The van der Waals surface area contributed by atoms with Crippen LogP contribution in [0.5, 0.6) is 5.75 Å². The van der Waals surface area contributed by atoms with Gasteiger partial charge in [-0.2, -0.15) is 5.26 Å². The Morgan fingerprint density at radius 2 is 2.05 bits per heavy atom. The molecule has 2 rings (SSSR count). The molecule has 4 nitrogen and oxygen atoms in total. The summed E-state index contributed by atoms with van der Waals surface area (Å²) in [6, 6.07) is 11.4. The van der Waals surface area contributed by atoms with Gasteiger partial charge in [-0.3, -0.25) is 4.79 Å². The number of aryl methyl sites for hydroxylation is 1. The van der Waals surface area contributed by atoms with Crippen LogP contribution in [0.25, 0.3) is 11.3 Å². The van der Waals surface area contributed by atoms with Crippen molar-refractivity contribution >= 4 is 0 Å². The maximum atomic E-state index is 12.1. The molecule has 0 saturated heterocycles. The number of pyridine rings is 1. The molecule has 0 aliphatic carbocycles. The fourth-order valence-corrected chi connectivity index (χ4v) is 2.23. The van der Waals surface area contributed by atoms with Crippen molar-refractivity contribution in [1.82, 2.24) is 4.57 Å². The number of nitriles is 1. The molecular weight excluding hydrogens is 252 g/mol. The van der Waals surface area contributed by atoms with E-state index < -0.39 is 0 Å². The fraction of sp³-hybridized carbons (Fsp3) is 0.250. The standard InChI is InChI=1S/C16H16N2O2/c1-11-10-13(5-7-15(11)20-3)14-6-4-12(8-9-17)16(19)18(14)2/h4-7,10H,8H2,1-3H3. The summed E-state index contributed by atoms with van der Waals surface area (Å²) in [4.78, 5) is 12.1. The highest BCUT2D eigenvalue weighted by Crippen LogP contribution is 2.25. The lowest BCUT2D eigenvalue weighted by molar-refractivity contribution is 0.412. The van der Waals surface area contributed by atoms with E-state index in [0.717, 1.165) is 22.6 Å². The third kappa shape index (κ3) is 2.43. The Kier molecular flexibility index (Phi) is 3.90. The average molecular weight is 268 g/mol. The molecule has 1 heterocycles. The summed E-state index contributed by atoms with van der Waals surface area (Å²) in [5.74, 6) is 0.819. The number of hydrogen-bond donors (Lipinski definition) is 0. The van der Waals surface area contributed by atoms with Gasteiger partial charge < -0.3 is 9.30 Å². The average Bonchev–Trinajstić information content (AvgIpc) is 2.44. The molecule has 0 N–H and O–H groups in total. The van der Waals surface area contributed by atoms with Crippen molar-refractivity contribution in [3.05, 3.63) is 51.8 Å². The molecule has 0 saturated carbocycles. The van der Waals surface area contributed by atoms with Gasteiger partial charge >= 0.3 is 0 Å². The SMILES string of the molecule is COc1ccc(-c2ccc(CC#N)c(=O)n2C)cc1C. The second kappa shape index (κ2) is 5.62. The van der Waals surface area contributed by atoms with E-state index in [9.17, 15) is 4.79 Å². The predicted molar refractivity (Wildman–Crippen MR) is 77.7 cm³/mol. The van der Waals surface area contributed by atoms with E-state index in [1.165, 1.54) is 0 Å². The summed E-state index contributed by atoms with van der Waals surface area (Å²) in [5, 5.41) is 8.70. The normalized spacial score (nSPS) is 10.1. The Morgan fingerprint density at radius 1 is 1.30 bits per heavy atom. The Bertz CT molecular complexity index is 739. The van der Waals surface area contributed by atoms with E-state index in [0.29, 0.717) is 5.56 Å². The number of hydrogen-bond acceptors (Lipinski definition) is 3. The van der Waals surface area contributed by atoms with Crippen molar-refractivity contribution in [3.8, 4) is 23.1 Å². The second-order valence-corrected chi connectivity index (χ2v) is 4.63. The highest BCUT2D eigenvalue weighted by molar-refractivity contribution is 5.62. The predicted octanol–water partition coefficient (Wildman–Crippen LogP) is 2.44. The van der Waals surface area contributed by atoms with Crippen molar-refractivity contribution in [2.75, 3.05) is 7.11 Å². The molecule has 4 heteroatoms. The zero-order valence-corrected chi connectivity index (χ0v) is 11.8. The molecule has 0 radical (unpaired) electrons. The van der Waals surface area contributed by atoms with E-state index in [2.05, 4.69) is 0 Å². The number of rotatable bonds is 3. The van der Waals surface area contributed by atoms with Crippen LogP contribution in [0.2, 0.25) is 0 Å². The van der Waals surface area contributed by atoms with Gasteiger partial charge in [-0.25, -0.2) is 0 Å². The highest BCUT2D eigenvalue weighted by Gasteiger charge is 2.09. The molecule has 1 aromatic heterocycles. The first-order valence-corrected chi connectivity index (χ1v) is 6.29. The smallest absolute Gasteiger partial charge is 0.255 e. The van der Waals surface area contributed by atoms with Crippen LogP contribution < -0.4 is 10.3 Å². The Hall–Kier alpha value is -2.54. The quantitative estimate of drug-likeness (QED) is 0.859. The summed E-state index contributed by atoms with van der Waals surface area (Å²) in [7, 11) is 3.35. The van der Waals surface area contributed by atoms with Gasteiger partial charge in [0, 0.05) is 12.6 Å². The first-order chi connectivity index (χ1) is 9.58. The minimum absolute atomic E-state index is 0.127. The van der Waals surface area contributed by atoms with Crippen molar-refractivity contribution in [2.45, 2.75) is 13.3 Å². The summed E-state index contributed by atoms with van der Waals surface area (Å²) >= 11 is 0. The maximum Gasteiger partial charge on any atom is 0.255 e. The van der Waals surface area contributed by atoms with Gasteiger partial charge in [-0.15, -0.1) is 0 Å². The van der Waals surface area contributed by atoms with Crippen LogP contribution in [0, 0.1) is 18.3 Å². The molecule has 0 fully saturated rings. The lowest BCUT2D eigenvalue weighted by atomic mass is 10.1. The first kappa shape index (κ1) is 13.9. The lowest BCUT2D eigenvalue weighted by Crippen LogP contribution is -2.22. The van der Waals surface area contributed by atoms with Crippen LogP contribution in [-0.2, 0) is 13.5 Å². The molecule has 0 amide bonds. The number of aromatic nitrogens is 1. The Morgan fingerprint density at radius 3 is 2.65 bits per heavy atom. The van der Waals surface area contributed by atoms with Crippen molar-refractivity contribution in [1.29, 1.82) is 5.26 Å². The third-order valence-electron chi connectivity index (χ3n) is 3.34. The molecule has 20 heavy (non-hydrogen) atoms. The van der Waals surface area contributed by atoms with E-state index >= 15 is 0 Å². The molecule has 2 aromatic rings. The van der Waals surface area contributed by atoms with Crippen LogP contribution >= 0.6 is 0 Å². The van der Waals surface area contributed by atoms with Crippen LogP contribution in [0.3, 0.4) is 0 Å². The first-order valence-electron chi connectivity index (χ1n) is 6.29. The maximum absolute atomic E-state index is 12.1.